The number of halogens is 2. The van der Waals surface area contributed by atoms with Gasteiger partial charge in [0.05, 0.1) is 11.4 Å². The third-order valence-corrected chi connectivity index (χ3v) is 5.06. The monoisotopic (exact) mass is 433 g/mol. The minimum atomic E-state index is -0.487. The normalized spacial score (nSPS) is 13.5. The van der Waals surface area contributed by atoms with Crippen molar-refractivity contribution in [3.05, 3.63) is 95.1 Å². The fourth-order valence-electron chi connectivity index (χ4n) is 3.14. The number of amides is 2. The van der Waals surface area contributed by atoms with Gasteiger partial charge in [0.15, 0.2) is 0 Å². The van der Waals surface area contributed by atoms with Crippen molar-refractivity contribution in [3.63, 3.8) is 0 Å². The van der Waals surface area contributed by atoms with E-state index in [0.717, 1.165) is 18.9 Å². The predicted octanol–water partition coefficient (Wildman–Crippen LogP) is 4.62. The van der Waals surface area contributed by atoms with Gasteiger partial charge in [-0.05, 0) is 72.5 Å². The molecule has 1 saturated carbocycles. The number of benzene rings is 3. The van der Waals surface area contributed by atoms with Crippen molar-refractivity contribution in [1.29, 1.82) is 0 Å². The minimum Gasteiger partial charge on any atom is -0.397 e. The Morgan fingerprint density at radius 1 is 0.875 bits per heavy atom. The molecule has 0 aliphatic heterocycles. The van der Waals surface area contributed by atoms with E-state index in [1.807, 2.05) is 0 Å². The van der Waals surface area contributed by atoms with Crippen LogP contribution in [0.15, 0.2) is 66.7 Å². The quantitative estimate of drug-likeness (QED) is 0.301. The zero-order valence-corrected chi connectivity index (χ0v) is 17.1. The van der Waals surface area contributed by atoms with Gasteiger partial charge < -0.3 is 16.4 Å². The Balaban J connectivity index is 1.55. The largest absolute Gasteiger partial charge is 0.397 e. The molecule has 1 fully saturated rings. The molecule has 32 heavy (non-hydrogen) atoms. The molecular formula is C25H21F2N3O2. The number of hydrogen-bond acceptors (Lipinski definition) is 3. The van der Waals surface area contributed by atoms with Crippen LogP contribution >= 0.6 is 0 Å². The van der Waals surface area contributed by atoms with Gasteiger partial charge in [-0.3, -0.25) is 9.59 Å². The second-order valence-corrected chi connectivity index (χ2v) is 7.62. The first-order valence-electron chi connectivity index (χ1n) is 10.1. The number of anilines is 2. The van der Waals surface area contributed by atoms with Crippen molar-refractivity contribution >= 4 is 34.8 Å². The number of nitrogen functional groups attached to an aromatic ring is 1. The molecule has 3 aromatic rings. The summed E-state index contributed by atoms with van der Waals surface area (Å²) in [5.74, 6) is -1.50. The molecule has 0 bridgehead atoms. The van der Waals surface area contributed by atoms with Gasteiger partial charge in [-0.1, -0.05) is 24.3 Å². The molecule has 0 heterocycles. The number of nitrogens with two attached hydrogens (primary N) is 1. The number of rotatable bonds is 6. The SMILES string of the molecule is Nc1cc(F)ccc1NC(=O)c1ccc(C=C(C(=O)NC2CC2)c2ccc(F)cc2)cc1. The topological polar surface area (TPSA) is 84.2 Å². The standard InChI is InChI=1S/C25H21F2N3O2/c26-18-7-5-16(6-8-18)21(25(32)29-20-10-11-20)13-15-1-3-17(4-2-15)24(31)30-23-12-9-19(27)14-22(23)28/h1-9,12-14,20H,10-11,28H2,(H,29,32)(H,30,31). The molecule has 3 aromatic carbocycles. The molecule has 0 atom stereocenters. The molecule has 0 unspecified atom stereocenters. The molecule has 4 rings (SSSR count). The Hall–Kier alpha value is -4.00. The number of carbonyl (C=O) groups excluding carboxylic acids is 2. The fraction of sp³-hybridized carbons (Fsp3) is 0.120. The molecule has 0 saturated heterocycles. The molecular weight excluding hydrogens is 412 g/mol. The Morgan fingerprint density at radius 3 is 2.12 bits per heavy atom. The van der Waals surface area contributed by atoms with E-state index in [9.17, 15) is 18.4 Å². The average Bonchev–Trinajstić information content (AvgIpc) is 3.59. The lowest BCUT2D eigenvalue weighted by Gasteiger charge is -2.10. The molecule has 0 spiro atoms. The lowest BCUT2D eigenvalue weighted by molar-refractivity contribution is -0.115. The van der Waals surface area contributed by atoms with Crippen LogP contribution in [-0.4, -0.2) is 17.9 Å². The van der Waals surface area contributed by atoms with Gasteiger partial charge in [-0.2, -0.15) is 0 Å². The summed E-state index contributed by atoms with van der Waals surface area (Å²) in [5.41, 5.74) is 8.26. The summed E-state index contributed by atoms with van der Waals surface area (Å²) in [6.07, 6.45) is 3.60. The van der Waals surface area contributed by atoms with Crippen LogP contribution in [0.4, 0.5) is 20.2 Å². The Labute approximate surface area is 183 Å². The molecule has 5 nitrogen and oxygen atoms in total. The van der Waals surface area contributed by atoms with Crippen molar-refractivity contribution in [2.45, 2.75) is 18.9 Å². The van der Waals surface area contributed by atoms with Crippen molar-refractivity contribution in [2.24, 2.45) is 0 Å². The average molecular weight is 433 g/mol. The highest BCUT2D eigenvalue weighted by Crippen LogP contribution is 2.24. The van der Waals surface area contributed by atoms with Crippen LogP contribution in [0, 0.1) is 11.6 Å². The summed E-state index contributed by atoms with van der Waals surface area (Å²) >= 11 is 0. The molecule has 0 aromatic heterocycles. The van der Waals surface area contributed by atoms with E-state index < -0.39 is 11.7 Å². The van der Waals surface area contributed by atoms with Gasteiger partial charge in [0.2, 0.25) is 0 Å². The fourth-order valence-corrected chi connectivity index (χ4v) is 3.14. The first-order chi connectivity index (χ1) is 15.4. The molecule has 2 amide bonds. The highest BCUT2D eigenvalue weighted by atomic mass is 19.1. The zero-order valence-electron chi connectivity index (χ0n) is 17.1. The van der Waals surface area contributed by atoms with Crippen LogP contribution in [-0.2, 0) is 4.79 Å². The maximum Gasteiger partial charge on any atom is 0.255 e. The van der Waals surface area contributed by atoms with Gasteiger partial charge in [0.1, 0.15) is 11.6 Å². The molecule has 1 aliphatic carbocycles. The Bertz CT molecular complexity index is 1180. The van der Waals surface area contributed by atoms with E-state index in [1.54, 1.807) is 42.5 Å². The van der Waals surface area contributed by atoms with Gasteiger partial charge in [-0.15, -0.1) is 0 Å². The van der Waals surface area contributed by atoms with Crippen molar-refractivity contribution in [1.82, 2.24) is 5.32 Å². The lowest BCUT2D eigenvalue weighted by Crippen LogP contribution is -2.26. The Morgan fingerprint density at radius 2 is 1.50 bits per heavy atom. The van der Waals surface area contributed by atoms with Crippen molar-refractivity contribution < 1.29 is 18.4 Å². The first kappa shape index (κ1) is 21.2. The summed E-state index contributed by atoms with van der Waals surface area (Å²) in [4.78, 5) is 25.2. The van der Waals surface area contributed by atoms with E-state index in [4.69, 9.17) is 5.73 Å². The molecule has 1 aliphatic rings. The summed E-state index contributed by atoms with van der Waals surface area (Å²) < 4.78 is 26.5. The highest BCUT2D eigenvalue weighted by molar-refractivity contribution is 6.24. The predicted molar refractivity (Wildman–Crippen MR) is 121 cm³/mol. The van der Waals surface area contributed by atoms with Crippen molar-refractivity contribution in [2.75, 3.05) is 11.1 Å². The molecule has 7 heteroatoms. The van der Waals surface area contributed by atoms with Gasteiger partial charge >= 0.3 is 0 Å². The summed E-state index contributed by atoms with van der Waals surface area (Å²) in [6.45, 7) is 0. The molecule has 0 radical (unpaired) electrons. The maximum absolute atomic E-state index is 13.3. The second kappa shape index (κ2) is 9.01. The Kier molecular flexibility index (Phi) is 5.98. The third kappa shape index (κ3) is 5.18. The van der Waals surface area contributed by atoms with Crippen LogP contribution in [0.3, 0.4) is 0 Å². The van der Waals surface area contributed by atoms with Crippen LogP contribution < -0.4 is 16.4 Å². The number of nitrogens with one attached hydrogen (secondary N) is 2. The van der Waals surface area contributed by atoms with Crippen LogP contribution in [0.2, 0.25) is 0 Å². The molecule has 162 valence electrons. The molecule has 4 N–H and O–H groups in total. The van der Waals surface area contributed by atoms with Crippen LogP contribution in [0.5, 0.6) is 0 Å². The number of carbonyl (C=O) groups is 2. The van der Waals surface area contributed by atoms with E-state index in [1.165, 1.54) is 24.3 Å². The number of hydrogen-bond donors (Lipinski definition) is 3. The first-order valence-corrected chi connectivity index (χ1v) is 10.1. The van der Waals surface area contributed by atoms with Crippen LogP contribution in [0.1, 0.15) is 34.3 Å². The second-order valence-electron chi connectivity index (χ2n) is 7.62. The smallest absolute Gasteiger partial charge is 0.255 e. The zero-order chi connectivity index (χ0) is 22.7. The van der Waals surface area contributed by atoms with Crippen molar-refractivity contribution in [3.8, 4) is 0 Å². The van der Waals surface area contributed by atoms with E-state index in [0.29, 0.717) is 28.0 Å². The van der Waals surface area contributed by atoms with Gasteiger partial charge in [-0.25, -0.2) is 8.78 Å². The van der Waals surface area contributed by atoms with Gasteiger partial charge in [0.25, 0.3) is 11.8 Å². The highest BCUT2D eigenvalue weighted by Gasteiger charge is 2.25. The van der Waals surface area contributed by atoms with Crippen LogP contribution in [0.25, 0.3) is 11.6 Å². The van der Waals surface area contributed by atoms with E-state index in [-0.39, 0.29) is 23.5 Å². The maximum atomic E-state index is 13.3. The van der Waals surface area contributed by atoms with E-state index in [2.05, 4.69) is 10.6 Å². The lowest BCUT2D eigenvalue weighted by atomic mass is 10.0. The minimum absolute atomic E-state index is 0.128. The summed E-state index contributed by atoms with van der Waals surface area (Å²) in [5, 5.41) is 5.60. The van der Waals surface area contributed by atoms with Gasteiger partial charge in [0, 0.05) is 17.2 Å². The third-order valence-electron chi connectivity index (χ3n) is 5.06. The van der Waals surface area contributed by atoms with E-state index >= 15 is 0 Å². The summed E-state index contributed by atoms with van der Waals surface area (Å²) in [7, 11) is 0. The summed E-state index contributed by atoms with van der Waals surface area (Å²) in [6, 6.07) is 16.3.